The fourth-order valence-corrected chi connectivity index (χ4v) is 2.76. The van der Waals surface area contributed by atoms with Gasteiger partial charge in [0.2, 0.25) is 11.7 Å². The Morgan fingerprint density at radius 3 is 2.92 bits per heavy atom. The number of nitrogens with zero attached hydrogens (tertiary/aromatic N) is 2. The molecule has 6 nitrogen and oxygen atoms in total. The summed E-state index contributed by atoms with van der Waals surface area (Å²) in [6.07, 6.45) is 5.84. The average Bonchev–Trinajstić information content (AvgIpc) is 3.12. The molecule has 0 amide bonds. The first kappa shape index (κ1) is 17.0. The normalized spacial score (nSPS) is 15.4. The zero-order valence-electron chi connectivity index (χ0n) is 13.8. The van der Waals surface area contributed by atoms with Crippen LogP contribution >= 0.6 is 0 Å². The summed E-state index contributed by atoms with van der Waals surface area (Å²) in [5.74, 6) is 0.909. The molecule has 1 aliphatic rings. The Hall–Kier alpha value is -2.80. The molecule has 2 aromatic rings. The molecule has 1 fully saturated rings. The van der Waals surface area contributed by atoms with E-state index in [1.54, 1.807) is 6.07 Å². The Labute approximate surface area is 145 Å². The van der Waals surface area contributed by atoms with Crippen molar-refractivity contribution >= 4 is 11.9 Å². The van der Waals surface area contributed by atoms with Crippen LogP contribution in [0.5, 0.6) is 0 Å². The molecule has 0 unspecified atom stereocenters. The number of allylic oxidation sites excluding steroid dienone is 2. The van der Waals surface area contributed by atoms with Gasteiger partial charge in [-0.05, 0) is 38.1 Å². The van der Waals surface area contributed by atoms with Gasteiger partial charge in [-0.2, -0.15) is 4.98 Å². The van der Waals surface area contributed by atoms with Crippen molar-refractivity contribution in [1.82, 2.24) is 15.5 Å². The molecule has 130 valence electrons. The molecular formula is C18H20FN5O. The van der Waals surface area contributed by atoms with Crippen molar-refractivity contribution in [3.63, 3.8) is 0 Å². The highest BCUT2D eigenvalue weighted by atomic mass is 19.1. The second kappa shape index (κ2) is 7.85. The summed E-state index contributed by atoms with van der Waals surface area (Å²) in [5, 5.41) is 17.8. The summed E-state index contributed by atoms with van der Waals surface area (Å²) >= 11 is 0. The van der Waals surface area contributed by atoms with Gasteiger partial charge in [-0.15, -0.1) is 0 Å². The van der Waals surface area contributed by atoms with Gasteiger partial charge in [0, 0.05) is 35.1 Å². The third-order valence-corrected chi connectivity index (χ3v) is 4.10. The van der Waals surface area contributed by atoms with Gasteiger partial charge in [0.05, 0.1) is 0 Å². The Kier molecular flexibility index (Phi) is 5.35. The lowest BCUT2D eigenvalue weighted by atomic mass is 9.98. The molecule has 0 atom stereocenters. The fourth-order valence-electron chi connectivity index (χ4n) is 2.76. The van der Waals surface area contributed by atoms with Crippen LogP contribution in [0.25, 0.3) is 11.4 Å². The Morgan fingerprint density at radius 2 is 2.20 bits per heavy atom. The van der Waals surface area contributed by atoms with Crippen LogP contribution in [0.1, 0.15) is 30.2 Å². The maximum atomic E-state index is 12.7. The van der Waals surface area contributed by atoms with Crippen LogP contribution in [0, 0.1) is 5.41 Å². The monoisotopic (exact) mass is 341 g/mol. The molecule has 7 heteroatoms. The molecule has 0 aliphatic carbocycles. The van der Waals surface area contributed by atoms with E-state index in [-0.39, 0.29) is 0 Å². The highest BCUT2D eigenvalue weighted by Gasteiger charge is 2.21. The Balaban J connectivity index is 1.83. The number of hydrogen-bond acceptors (Lipinski definition) is 6. The number of hydrogen-bond donors (Lipinski definition) is 3. The number of halogens is 1. The van der Waals surface area contributed by atoms with Gasteiger partial charge in [-0.1, -0.05) is 23.9 Å². The number of benzene rings is 1. The highest BCUT2D eigenvalue weighted by molar-refractivity contribution is 5.87. The molecule has 1 aromatic carbocycles. The number of nitrogens with one attached hydrogen (secondary N) is 3. The summed E-state index contributed by atoms with van der Waals surface area (Å²) in [6.45, 7) is 5.08. The van der Waals surface area contributed by atoms with Crippen LogP contribution in [-0.4, -0.2) is 29.4 Å². The van der Waals surface area contributed by atoms with Crippen LogP contribution in [0.3, 0.4) is 0 Å². The van der Waals surface area contributed by atoms with Gasteiger partial charge in [-0.3, -0.25) is 0 Å². The molecule has 0 bridgehead atoms. The predicted molar refractivity (Wildman–Crippen MR) is 95.5 cm³/mol. The molecule has 0 saturated carbocycles. The van der Waals surface area contributed by atoms with Crippen molar-refractivity contribution in [2.75, 3.05) is 18.4 Å². The number of rotatable bonds is 6. The number of aromatic nitrogens is 2. The van der Waals surface area contributed by atoms with E-state index in [4.69, 9.17) is 9.93 Å². The minimum Gasteiger partial charge on any atom is -0.361 e. The average molecular weight is 341 g/mol. The lowest BCUT2D eigenvalue weighted by molar-refractivity contribution is 0.320. The summed E-state index contributed by atoms with van der Waals surface area (Å²) in [7, 11) is 0. The molecule has 2 heterocycles. The number of anilines is 1. The van der Waals surface area contributed by atoms with Gasteiger partial charge in [0.15, 0.2) is 0 Å². The van der Waals surface area contributed by atoms with E-state index in [9.17, 15) is 4.39 Å². The third-order valence-electron chi connectivity index (χ3n) is 4.10. The molecule has 3 N–H and O–H groups in total. The van der Waals surface area contributed by atoms with Crippen LogP contribution in [0.15, 0.2) is 47.4 Å². The second-order valence-electron chi connectivity index (χ2n) is 5.85. The van der Waals surface area contributed by atoms with Gasteiger partial charge >= 0.3 is 0 Å². The lowest BCUT2D eigenvalue weighted by Gasteiger charge is -2.18. The van der Waals surface area contributed by atoms with E-state index in [1.807, 2.05) is 12.1 Å². The van der Waals surface area contributed by atoms with Crippen molar-refractivity contribution in [3.05, 3.63) is 54.3 Å². The van der Waals surface area contributed by atoms with Gasteiger partial charge in [0.25, 0.3) is 0 Å². The van der Waals surface area contributed by atoms with Crippen LogP contribution in [0.4, 0.5) is 10.1 Å². The minimum absolute atomic E-state index is 0.291. The van der Waals surface area contributed by atoms with Gasteiger partial charge in [-0.25, -0.2) is 4.39 Å². The van der Waals surface area contributed by atoms with E-state index >= 15 is 0 Å². The van der Waals surface area contributed by atoms with Crippen molar-refractivity contribution in [2.45, 2.75) is 18.8 Å². The molecular weight excluding hydrogens is 321 g/mol. The highest BCUT2D eigenvalue weighted by Crippen LogP contribution is 2.28. The maximum Gasteiger partial charge on any atom is 0.230 e. The molecule has 1 aliphatic heterocycles. The topological polar surface area (TPSA) is 86.8 Å². The van der Waals surface area contributed by atoms with E-state index < -0.39 is 5.83 Å². The minimum atomic E-state index is -0.551. The van der Waals surface area contributed by atoms with Gasteiger partial charge < -0.3 is 20.6 Å². The molecule has 1 aromatic heterocycles. The summed E-state index contributed by atoms with van der Waals surface area (Å²) in [5.41, 5.74) is 2.09. The Morgan fingerprint density at radius 1 is 1.40 bits per heavy atom. The standard InChI is InChI=1S/C18H20FN5O/c1-12(19)4-9-22-16-10-14(2-3-15(16)11-20)17-23-18(25-24-17)13-5-7-21-8-6-13/h2-4,9-11,13,20-22H,1,5-8H2/b9-4+,20-11?. The SMILES string of the molecule is C=C(F)/C=C/Nc1cc(-c2noc(C3CCNCC3)n2)ccc1C=N. The predicted octanol–water partition coefficient (Wildman–Crippen LogP) is 3.61. The fraction of sp³-hybridized carbons (Fsp3) is 0.278. The van der Waals surface area contributed by atoms with Crippen molar-refractivity contribution in [3.8, 4) is 11.4 Å². The van der Waals surface area contributed by atoms with Crippen LogP contribution in [0.2, 0.25) is 0 Å². The van der Waals surface area contributed by atoms with Crippen molar-refractivity contribution in [1.29, 1.82) is 5.41 Å². The molecule has 3 rings (SSSR count). The Bertz CT molecular complexity index is 793. The molecule has 0 spiro atoms. The van der Waals surface area contributed by atoms with E-state index in [1.165, 1.54) is 18.5 Å². The van der Waals surface area contributed by atoms with Crippen molar-refractivity contribution in [2.24, 2.45) is 0 Å². The second-order valence-corrected chi connectivity index (χ2v) is 5.85. The first-order valence-corrected chi connectivity index (χ1v) is 8.14. The van der Waals surface area contributed by atoms with Crippen LogP contribution < -0.4 is 10.6 Å². The summed E-state index contributed by atoms with van der Waals surface area (Å²) < 4.78 is 18.1. The quantitative estimate of drug-likeness (QED) is 0.552. The van der Waals surface area contributed by atoms with E-state index in [0.29, 0.717) is 28.9 Å². The molecule has 0 radical (unpaired) electrons. The van der Waals surface area contributed by atoms with Crippen LogP contribution in [-0.2, 0) is 0 Å². The van der Waals surface area contributed by atoms with Crippen molar-refractivity contribution < 1.29 is 8.91 Å². The van der Waals surface area contributed by atoms with Gasteiger partial charge in [0.1, 0.15) is 5.83 Å². The molecule has 1 saturated heterocycles. The summed E-state index contributed by atoms with van der Waals surface area (Å²) in [4.78, 5) is 4.53. The largest absolute Gasteiger partial charge is 0.361 e. The first-order valence-electron chi connectivity index (χ1n) is 8.14. The first-order chi connectivity index (χ1) is 12.2. The number of piperidine rings is 1. The smallest absolute Gasteiger partial charge is 0.230 e. The van der Waals surface area contributed by atoms with E-state index in [2.05, 4.69) is 27.4 Å². The maximum absolute atomic E-state index is 12.7. The van der Waals surface area contributed by atoms with E-state index in [0.717, 1.165) is 31.5 Å². The summed E-state index contributed by atoms with van der Waals surface area (Å²) in [6, 6.07) is 5.42. The zero-order chi connectivity index (χ0) is 17.6. The third kappa shape index (κ3) is 4.19. The lowest BCUT2D eigenvalue weighted by Crippen LogP contribution is -2.26. The molecule has 25 heavy (non-hydrogen) atoms. The zero-order valence-corrected chi connectivity index (χ0v) is 13.8.